The second kappa shape index (κ2) is 6.79. The molecule has 0 spiro atoms. The molecule has 0 radical (unpaired) electrons. The average Bonchev–Trinajstić information content (AvgIpc) is 2.21. The molecule has 0 heterocycles. The van der Waals surface area contributed by atoms with Gasteiger partial charge in [-0.15, -0.1) is 11.6 Å². The largest absolute Gasteiger partial charge is 0.385 e. The molecule has 0 atom stereocenters. The van der Waals surface area contributed by atoms with E-state index in [1.54, 1.807) is 7.11 Å². The van der Waals surface area contributed by atoms with Crippen molar-refractivity contribution in [1.29, 1.82) is 0 Å². The van der Waals surface area contributed by atoms with Gasteiger partial charge < -0.3 is 4.74 Å². The van der Waals surface area contributed by atoms with Gasteiger partial charge in [0.05, 0.1) is 5.75 Å². The van der Waals surface area contributed by atoms with Crippen molar-refractivity contribution in [1.82, 2.24) is 4.72 Å². The lowest BCUT2D eigenvalue weighted by molar-refractivity contribution is 0.199. The third kappa shape index (κ3) is 5.48. The quantitative estimate of drug-likeness (QED) is 0.587. The second-order valence-electron chi connectivity index (χ2n) is 4.23. The number of halogens is 1. The Morgan fingerprint density at radius 1 is 1.31 bits per heavy atom. The van der Waals surface area contributed by atoms with E-state index in [9.17, 15) is 8.42 Å². The van der Waals surface area contributed by atoms with Gasteiger partial charge in [-0.3, -0.25) is 0 Å². The number of alkyl halides is 1. The molecule has 0 unspecified atom stereocenters. The molecule has 1 saturated carbocycles. The van der Waals surface area contributed by atoms with E-state index in [0.717, 1.165) is 25.7 Å². The van der Waals surface area contributed by atoms with Crippen LogP contribution in [0.3, 0.4) is 0 Å². The number of rotatable bonds is 6. The van der Waals surface area contributed by atoms with Crippen LogP contribution in [0.1, 0.15) is 32.1 Å². The molecular formula is C10H20ClNO3S. The Kier molecular flexibility index (Phi) is 6.03. The summed E-state index contributed by atoms with van der Waals surface area (Å²) in [6.45, 7) is 0.481. The van der Waals surface area contributed by atoms with Crippen molar-refractivity contribution in [2.24, 2.45) is 0 Å². The maximum absolute atomic E-state index is 11.7. The van der Waals surface area contributed by atoms with Gasteiger partial charge in [0.2, 0.25) is 10.0 Å². The van der Waals surface area contributed by atoms with Gasteiger partial charge >= 0.3 is 0 Å². The lowest BCUT2D eigenvalue weighted by Crippen LogP contribution is -2.39. The van der Waals surface area contributed by atoms with Gasteiger partial charge in [-0.25, -0.2) is 13.1 Å². The van der Waals surface area contributed by atoms with Crippen LogP contribution in [0, 0.1) is 0 Å². The number of hydrogen-bond acceptors (Lipinski definition) is 3. The molecule has 1 rings (SSSR count). The molecule has 6 heteroatoms. The molecule has 0 aromatic heterocycles. The van der Waals surface area contributed by atoms with Crippen LogP contribution in [0.2, 0.25) is 0 Å². The van der Waals surface area contributed by atoms with E-state index >= 15 is 0 Å². The first-order valence-electron chi connectivity index (χ1n) is 5.66. The van der Waals surface area contributed by atoms with Gasteiger partial charge in [0.15, 0.2) is 0 Å². The molecule has 0 aromatic rings. The van der Waals surface area contributed by atoms with Crippen molar-refractivity contribution < 1.29 is 13.2 Å². The molecular weight excluding hydrogens is 250 g/mol. The fourth-order valence-corrected chi connectivity index (χ4v) is 3.49. The molecule has 1 aliphatic rings. The molecule has 0 amide bonds. The molecule has 0 aliphatic heterocycles. The summed E-state index contributed by atoms with van der Waals surface area (Å²) in [6, 6.07) is 0.0718. The van der Waals surface area contributed by atoms with E-state index in [1.807, 2.05) is 0 Å². The molecule has 0 bridgehead atoms. The average molecular weight is 270 g/mol. The first kappa shape index (κ1) is 14.2. The summed E-state index contributed by atoms with van der Waals surface area (Å²) in [5, 5.41) is 0.217. The van der Waals surface area contributed by atoms with Crippen LogP contribution < -0.4 is 4.72 Å². The van der Waals surface area contributed by atoms with Crippen LogP contribution in [0.15, 0.2) is 0 Å². The summed E-state index contributed by atoms with van der Waals surface area (Å²) in [5.74, 6) is 0.141. The van der Waals surface area contributed by atoms with Gasteiger partial charge in [0.25, 0.3) is 0 Å². The van der Waals surface area contributed by atoms with Crippen molar-refractivity contribution in [3.05, 3.63) is 0 Å². The molecule has 0 aromatic carbocycles. The van der Waals surface area contributed by atoms with Crippen molar-refractivity contribution in [2.75, 3.05) is 19.5 Å². The van der Waals surface area contributed by atoms with Crippen LogP contribution in [-0.2, 0) is 14.8 Å². The normalized spacial score (nSPS) is 26.9. The van der Waals surface area contributed by atoms with Crippen molar-refractivity contribution in [3.63, 3.8) is 0 Å². The minimum atomic E-state index is -3.14. The maximum Gasteiger partial charge on any atom is 0.211 e. The Labute approximate surface area is 103 Å². The highest BCUT2D eigenvalue weighted by Crippen LogP contribution is 2.23. The molecule has 1 N–H and O–H groups in total. The Hall–Kier alpha value is 0.160. The zero-order valence-electron chi connectivity index (χ0n) is 9.62. The highest BCUT2D eigenvalue weighted by Gasteiger charge is 2.23. The summed E-state index contributed by atoms with van der Waals surface area (Å²) in [4.78, 5) is 0. The smallest absolute Gasteiger partial charge is 0.211 e. The summed E-state index contributed by atoms with van der Waals surface area (Å²) in [5.41, 5.74) is 0. The predicted molar refractivity (Wildman–Crippen MR) is 65.3 cm³/mol. The van der Waals surface area contributed by atoms with Gasteiger partial charge in [0, 0.05) is 25.1 Å². The predicted octanol–water partition coefficient (Wildman–Crippen LogP) is 1.49. The first-order chi connectivity index (χ1) is 7.53. The molecule has 1 aliphatic carbocycles. The van der Waals surface area contributed by atoms with Crippen molar-refractivity contribution in [3.8, 4) is 0 Å². The summed E-state index contributed by atoms with van der Waals surface area (Å²) < 4.78 is 30.9. The van der Waals surface area contributed by atoms with E-state index < -0.39 is 10.0 Å². The third-order valence-corrected chi connectivity index (χ3v) is 4.72. The summed E-state index contributed by atoms with van der Waals surface area (Å²) in [6.07, 6.45) is 4.02. The van der Waals surface area contributed by atoms with Crippen molar-refractivity contribution in [2.45, 2.75) is 43.5 Å². The number of hydrogen-bond donors (Lipinski definition) is 1. The number of methoxy groups -OCH3 is 1. The zero-order valence-corrected chi connectivity index (χ0v) is 11.2. The fourth-order valence-electron chi connectivity index (χ4n) is 1.88. The molecule has 1 fully saturated rings. The topological polar surface area (TPSA) is 55.4 Å². The van der Waals surface area contributed by atoms with E-state index in [-0.39, 0.29) is 17.2 Å². The van der Waals surface area contributed by atoms with Gasteiger partial charge in [-0.1, -0.05) is 0 Å². The summed E-state index contributed by atoms with van der Waals surface area (Å²) in [7, 11) is -1.57. The standard InChI is InChI=1S/C10H20ClNO3S/c1-15-7-2-8-16(13,14)12-10-5-3-9(11)4-6-10/h9-10,12H,2-8H2,1H3. The van der Waals surface area contributed by atoms with E-state index in [1.165, 1.54) is 0 Å². The second-order valence-corrected chi connectivity index (χ2v) is 6.72. The van der Waals surface area contributed by atoms with Gasteiger partial charge in [0.1, 0.15) is 0 Å². The van der Waals surface area contributed by atoms with Crippen LogP contribution in [0.5, 0.6) is 0 Å². The van der Waals surface area contributed by atoms with E-state index in [4.69, 9.17) is 16.3 Å². The Morgan fingerprint density at radius 3 is 2.50 bits per heavy atom. The third-order valence-electron chi connectivity index (χ3n) is 2.76. The monoisotopic (exact) mass is 269 g/mol. The number of nitrogens with one attached hydrogen (secondary N) is 1. The van der Waals surface area contributed by atoms with Crippen molar-refractivity contribution >= 4 is 21.6 Å². The number of sulfonamides is 1. The first-order valence-corrected chi connectivity index (χ1v) is 7.75. The van der Waals surface area contributed by atoms with Crippen LogP contribution >= 0.6 is 11.6 Å². The molecule has 16 heavy (non-hydrogen) atoms. The minimum absolute atomic E-state index is 0.0718. The Bertz CT molecular complexity index is 286. The van der Waals surface area contributed by atoms with Crippen LogP contribution in [0.25, 0.3) is 0 Å². The SMILES string of the molecule is COCCCS(=O)(=O)NC1CCC(Cl)CC1. The molecule has 0 saturated heterocycles. The van der Waals surface area contributed by atoms with E-state index in [0.29, 0.717) is 13.0 Å². The summed E-state index contributed by atoms with van der Waals surface area (Å²) >= 11 is 5.96. The Balaban J connectivity index is 2.29. The van der Waals surface area contributed by atoms with Crippen LogP contribution in [-0.4, -0.2) is 39.3 Å². The molecule has 4 nitrogen and oxygen atoms in total. The highest BCUT2D eigenvalue weighted by molar-refractivity contribution is 7.89. The fraction of sp³-hybridized carbons (Fsp3) is 1.00. The minimum Gasteiger partial charge on any atom is -0.385 e. The van der Waals surface area contributed by atoms with Gasteiger partial charge in [-0.2, -0.15) is 0 Å². The maximum atomic E-state index is 11.7. The molecule has 96 valence electrons. The van der Waals surface area contributed by atoms with E-state index in [2.05, 4.69) is 4.72 Å². The highest BCUT2D eigenvalue weighted by atomic mass is 35.5. The lowest BCUT2D eigenvalue weighted by Gasteiger charge is -2.25. The number of ether oxygens (including phenoxy) is 1. The lowest BCUT2D eigenvalue weighted by atomic mass is 9.96. The van der Waals surface area contributed by atoms with Crippen LogP contribution in [0.4, 0.5) is 0 Å². The Morgan fingerprint density at radius 2 is 1.94 bits per heavy atom. The zero-order chi connectivity index (χ0) is 12.0. The van der Waals surface area contributed by atoms with Gasteiger partial charge in [-0.05, 0) is 32.1 Å².